The van der Waals surface area contributed by atoms with Crippen LogP contribution in [-0.4, -0.2) is 21.4 Å². The van der Waals surface area contributed by atoms with Gasteiger partial charge in [-0.3, -0.25) is 9.52 Å². The summed E-state index contributed by atoms with van der Waals surface area (Å²) in [5.41, 5.74) is 1.08. The average molecular weight is 493 g/mol. The first-order valence-corrected chi connectivity index (χ1v) is 11.1. The first-order chi connectivity index (χ1) is 14.3. The number of carbonyl (C=O) groups excluding carboxylic acids is 1. The van der Waals surface area contributed by atoms with Gasteiger partial charge < -0.3 is 10.1 Å². The Morgan fingerprint density at radius 1 is 1.07 bits per heavy atom. The van der Waals surface area contributed by atoms with E-state index in [0.29, 0.717) is 17.0 Å². The molecule has 1 amide bonds. The molecule has 9 heteroatoms. The predicted molar refractivity (Wildman–Crippen MR) is 117 cm³/mol. The standard InChI is InChI=1S/C21H18BrFN2O4S/c1-29-20-10-9-18(30(27,28)25-17-7-5-15(22)6-8-17)13-19(20)24-21(26)12-14-3-2-4-16(23)11-14/h2-11,13,25H,12H2,1H3,(H,24,26). The van der Waals surface area contributed by atoms with E-state index in [1.165, 1.54) is 43.5 Å². The largest absolute Gasteiger partial charge is 0.495 e. The van der Waals surface area contributed by atoms with Gasteiger partial charge in [0.15, 0.2) is 0 Å². The number of anilines is 2. The fraction of sp³-hybridized carbons (Fsp3) is 0.0952. The quantitative estimate of drug-likeness (QED) is 0.505. The first-order valence-electron chi connectivity index (χ1n) is 8.77. The number of ether oxygens (including phenoxy) is 1. The van der Waals surface area contributed by atoms with Gasteiger partial charge in [0, 0.05) is 10.2 Å². The molecule has 0 unspecified atom stereocenters. The Kier molecular flexibility index (Phi) is 6.73. The fourth-order valence-corrected chi connectivity index (χ4v) is 4.06. The van der Waals surface area contributed by atoms with Crippen LogP contribution in [0.2, 0.25) is 0 Å². The van der Waals surface area contributed by atoms with Gasteiger partial charge in [0.05, 0.1) is 24.1 Å². The lowest BCUT2D eigenvalue weighted by Crippen LogP contribution is -2.17. The van der Waals surface area contributed by atoms with E-state index in [1.807, 2.05) is 0 Å². The molecule has 0 bridgehead atoms. The van der Waals surface area contributed by atoms with Gasteiger partial charge in [0.1, 0.15) is 11.6 Å². The van der Waals surface area contributed by atoms with Crippen molar-refractivity contribution in [1.29, 1.82) is 0 Å². The molecule has 0 heterocycles. The minimum Gasteiger partial charge on any atom is -0.495 e. The van der Waals surface area contributed by atoms with Crippen LogP contribution in [0, 0.1) is 5.82 Å². The molecular weight excluding hydrogens is 475 g/mol. The van der Waals surface area contributed by atoms with Gasteiger partial charge >= 0.3 is 0 Å². The highest BCUT2D eigenvalue weighted by Crippen LogP contribution is 2.29. The number of carbonyl (C=O) groups is 1. The SMILES string of the molecule is COc1ccc(S(=O)(=O)Nc2ccc(Br)cc2)cc1NC(=O)Cc1cccc(F)c1. The molecular formula is C21H18BrFN2O4S. The Morgan fingerprint density at radius 2 is 1.80 bits per heavy atom. The molecule has 30 heavy (non-hydrogen) atoms. The van der Waals surface area contributed by atoms with Gasteiger partial charge in [-0.05, 0) is 60.2 Å². The Bertz CT molecular complexity index is 1170. The van der Waals surface area contributed by atoms with Crippen LogP contribution in [0.25, 0.3) is 0 Å². The minimum absolute atomic E-state index is 0.0488. The number of amides is 1. The molecule has 0 aliphatic rings. The molecule has 0 fully saturated rings. The van der Waals surface area contributed by atoms with Crippen molar-refractivity contribution in [3.63, 3.8) is 0 Å². The Morgan fingerprint density at radius 3 is 2.47 bits per heavy atom. The molecule has 0 aliphatic carbocycles. The van der Waals surface area contributed by atoms with Gasteiger partial charge in [-0.2, -0.15) is 0 Å². The van der Waals surface area contributed by atoms with E-state index in [9.17, 15) is 17.6 Å². The maximum atomic E-state index is 13.3. The van der Waals surface area contributed by atoms with Gasteiger partial charge in [0.2, 0.25) is 5.91 Å². The molecule has 0 spiro atoms. The van der Waals surface area contributed by atoms with Crippen LogP contribution < -0.4 is 14.8 Å². The summed E-state index contributed by atoms with van der Waals surface area (Å²) in [5.74, 6) is -0.579. The summed E-state index contributed by atoms with van der Waals surface area (Å²) in [4.78, 5) is 12.3. The summed E-state index contributed by atoms with van der Waals surface area (Å²) >= 11 is 3.29. The van der Waals surface area contributed by atoms with E-state index >= 15 is 0 Å². The number of hydrogen-bond acceptors (Lipinski definition) is 4. The van der Waals surface area contributed by atoms with Crippen LogP contribution in [0.3, 0.4) is 0 Å². The smallest absolute Gasteiger partial charge is 0.261 e. The lowest BCUT2D eigenvalue weighted by atomic mass is 10.1. The number of methoxy groups -OCH3 is 1. The van der Waals surface area contributed by atoms with E-state index in [1.54, 1.807) is 30.3 Å². The van der Waals surface area contributed by atoms with Gasteiger partial charge in [-0.1, -0.05) is 28.1 Å². The van der Waals surface area contributed by atoms with E-state index < -0.39 is 21.7 Å². The molecule has 2 N–H and O–H groups in total. The summed E-state index contributed by atoms with van der Waals surface area (Å²) in [6.45, 7) is 0. The molecule has 0 saturated carbocycles. The third-order valence-corrected chi connectivity index (χ3v) is 6.01. The molecule has 0 aliphatic heterocycles. The number of benzene rings is 3. The van der Waals surface area contributed by atoms with Gasteiger partial charge in [-0.25, -0.2) is 12.8 Å². The van der Waals surface area contributed by atoms with Crippen LogP contribution in [-0.2, 0) is 21.2 Å². The molecule has 0 radical (unpaired) electrons. The lowest BCUT2D eigenvalue weighted by Gasteiger charge is -2.13. The monoisotopic (exact) mass is 492 g/mol. The number of rotatable bonds is 7. The van der Waals surface area contributed by atoms with Gasteiger partial charge in [0.25, 0.3) is 10.0 Å². The van der Waals surface area contributed by atoms with Crippen molar-refractivity contribution in [1.82, 2.24) is 0 Å². The zero-order valence-electron chi connectivity index (χ0n) is 15.9. The molecule has 0 saturated heterocycles. The van der Waals surface area contributed by atoms with E-state index in [2.05, 4.69) is 26.0 Å². The Balaban J connectivity index is 1.82. The van der Waals surface area contributed by atoms with E-state index in [0.717, 1.165) is 4.47 Å². The molecule has 3 aromatic rings. The lowest BCUT2D eigenvalue weighted by molar-refractivity contribution is -0.115. The summed E-state index contributed by atoms with van der Waals surface area (Å²) in [6, 6.07) is 16.5. The van der Waals surface area contributed by atoms with Crippen molar-refractivity contribution in [3.05, 3.63) is 82.6 Å². The highest BCUT2D eigenvalue weighted by atomic mass is 79.9. The highest BCUT2D eigenvalue weighted by Gasteiger charge is 2.18. The van der Waals surface area contributed by atoms with Crippen LogP contribution in [0.15, 0.2) is 76.1 Å². The van der Waals surface area contributed by atoms with Crippen molar-refractivity contribution < 1.29 is 22.3 Å². The Labute approximate surface area is 182 Å². The number of nitrogens with one attached hydrogen (secondary N) is 2. The Hall–Kier alpha value is -2.91. The van der Waals surface area contributed by atoms with Crippen molar-refractivity contribution in [3.8, 4) is 5.75 Å². The summed E-state index contributed by atoms with van der Waals surface area (Å²) in [7, 11) is -2.49. The van der Waals surface area contributed by atoms with Crippen LogP contribution in [0.5, 0.6) is 5.75 Å². The third-order valence-electron chi connectivity index (χ3n) is 4.11. The van der Waals surface area contributed by atoms with Crippen LogP contribution >= 0.6 is 15.9 Å². The predicted octanol–water partition coefficient (Wildman–Crippen LogP) is 4.58. The summed E-state index contributed by atoms with van der Waals surface area (Å²) < 4.78 is 47.3. The second kappa shape index (κ2) is 9.27. The zero-order chi connectivity index (χ0) is 21.7. The van der Waals surface area contributed by atoms with Crippen molar-refractivity contribution in [2.75, 3.05) is 17.1 Å². The first kappa shape index (κ1) is 21.8. The van der Waals surface area contributed by atoms with Crippen molar-refractivity contribution in [2.24, 2.45) is 0 Å². The molecule has 0 aromatic heterocycles. The molecule has 0 atom stereocenters. The number of hydrogen-bond donors (Lipinski definition) is 2. The molecule has 3 aromatic carbocycles. The maximum absolute atomic E-state index is 13.3. The molecule has 156 valence electrons. The normalized spacial score (nSPS) is 11.0. The van der Waals surface area contributed by atoms with Crippen molar-refractivity contribution >= 4 is 43.2 Å². The molecule has 3 rings (SSSR count). The summed E-state index contributed by atoms with van der Waals surface area (Å²) in [6.07, 6.45) is -0.0744. The number of halogens is 2. The maximum Gasteiger partial charge on any atom is 0.261 e. The van der Waals surface area contributed by atoms with Crippen LogP contribution in [0.4, 0.5) is 15.8 Å². The average Bonchev–Trinajstić information content (AvgIpc) is 2.69. The van der Waals surface area contributed by atoms with E-state index in [-0.39, 0.29) is 17.0 Å². The van der Waals surface area contributed by atoms with Crippen LogP contribution in [0.1, 0.15) is 5.56 Å². The topological polar surface area (TPSA) is 84.5 Å². The molecule has 6 nitrogen and oxygen atoms in total. The second-order valence-electron chi connectivity index (χ2n) is 6.33. The van der Waals surface area contributed by atoms with Crippen molar-refractivity contribution in [2.45, 2.75) is 11.3 Å². The van der Waals surface area contributed by atoms with Gasteiger partial charge in [-0.15, -0.1) is 0 Å². The fourth-order valence-electron chi connectivity index (χ4n) is 2.71. The van der Waals surface area contributed by atoms with E-state index in [4.69, 9.17) is 4.74 Å². The third kappa shape index (κ3) is 5.58. The minimum atomic E-state index is -3.90. The zero-order valence-corrected chi connectivity index (χ0v) is 18.3. The summed E-state index contributed by atoms with van der Waals surface area (Å²) in [5, 5.41) is 2.63. The second-order valence-corrected chi connectivity index (χ2v) is 8.93. The number of sulfonamides is 1. The highest BCUT2D eigenvalue weighted by molar-refractivity contribution is 9.10.